The molecule has 1 saturated carbocycles. The minimum Gasteiger partial charge on any atom is -0.340 e. The molecule has 7 rings (SSSR count). The van der Waals surface area contributed by atoms with Crippen LogP contribution >= 0.6 is 0 Å². The summed E-state index contributed by atoms with van der Waals surface area (Å²) < 4.78 is 21.0. The average molecular weight is 553 g/mol. The number of benzene rings is 1. The third kappa shape index (κ3) is 4.49. The minimum atomic E-state index is -0.430. The molecule has 3 aliphatic rings. The van der Waals surface area contributed by atoms with E-state index in [2.05, 4.69) is 34.0 Å². The van der Waals surface area contributed by atoms with Crippen LogP contribution in [0.15, 0.2) is 36.5 Å². The summed E-state index contributed by atoms with van der Waals surface area (Å²) in [4.78, 5) is 20.7. The Bertz CT molecular complexity index is 1710. The largest absolute Gasteiger partial charge is 0.340 e. The lowest BCUT2D eigenvalue weighted by Gasteiger charge is -2.21. The summed E-state index contributed by atoms with van der Waals surface area (Å²) >= 11 is 0. The van der Waals surface area contributed by atoms with Crippen LogP contribution in [-0.2, 0) is 32.6 Å². The highest BCUT2D eigenvalue weighted by Gasteiger charge is 2.33. The van der Waals surface area contributed by atoms with Crippen LogP contribution in [0.5, 0.6) is 0 Å². The molecule has 0 unspecified atom stereocenters. The molecular weight excluding hydrogens is 515 g/mol. The quantitative estimate of drug-likeness (QED) is 0.311. The Morgan fingerprint density at radius 2 is 2.00 bits per heavy atom. The highest BCUT2D eigenvalue weighted by molar-refractivity contribution is 6.06. The Morgan fingerprint density at radius 1 is 1.15 bits per heavy atom. The van der Waals surface area contributed by atoms with E-state index in [0.717, 1.165) is 84.0 Å². The topological polar surface area (TPSA) is 68.0 Å². The van der Waals surface area contributed by atoms with Crippen molar-refractivity contribution in [2.45, 2.75) is 72.6 Å². The van der Waals surface area contributed by atoms with Crippen molar-refractivity contribution < 1.29 is 9.18 Å². The van der Waals surface area contributed by atoms with Crippen molar-refractivity contribution in [3.05, 3.63) is 76.3 Å². The van der Waals surface area contributed by atoms with Crippen LogP contribution in [-0.4, -0.2) is 43.2 Å². The average Bonchev–Trinajstić information content (AvgIpc) is 3.40. The Kier molecular flexibility index (Phi) is 6.53. The summed E-state index contributed by atoms with van der Waals surface area (Å²) in [5, 5.41) is 8.44. The molecule has 1 amide bonds. The van der Waals surface area contributed by atoms with Gasteiger partial charge in [0, 0.05) is 65.3 Å². The number of nitrogens with one attached hydrogen (secondary N) is 1. The molecule has 4 aromatic rings. The fourth-order valence-electron chi connectivity index (χ4n) is 6.56. The first kappa shape index (κ1) is 26.1. The number of fused-ring (bicyclic) bond motifs is 2. The molecule has 0 saturated heterocycles. The number of nitrogens with zero attached hydrogens (tertiary/aromatic N) is 5. The number of carbonyl (C=O) groups excluding carboxylic acids is 1. The van der Waals surface area contributed by atoms with Gasteiger partial charge in [0.25, 0.3) is 5.91 Å². The van der Waals surface area contributed by atoms with Gasteiger partial charge in [-0.2, -0.15) is 5.10 Å². The Labute approximate surface area is 240 Å². The van der Waals surface area contributed by atoms with E-state index in [1.807, 2.05) is 36.9 Å². The van der Waals surface area contributed by atoms with Crippen LogP contribution in [0.2, 0.25) is 0 Å². The summed E-state index contributed by atoms with van der Waals surface area (Å²) in [5.41, 5.74) is 9.10. The molecule has 0 radical (unpaired) electrons. The zero-order valence-corrected chi connectivity index (χ0v) is 24.1. The van der Waals surface area contributed by atoms with E-state index in [1.165, 1.54) is 18.4 Å². The predicted molar refractivity (Wildman–Crippen MR) is 159 cm³/mol. The molecule has 0 atom stereocenters. The third-order valence-corrected chi connectivity index (χ3v) is 8.90. The lowest BCUT2D eigenvalue weighted by molar-refractivity contribution is 0.0743. The van der Waals surface area contributed by atoms with Gasteiger partial charge in [-0.25, -0.2) is 4.39 Å². The minimum absolute atomic E-state index is 0.127. The second-order valence-corrected chi connectivity index (χ2v) is 11.7. The van der Waals surface area contributed by atoms with Gasteiger partial charge >= 0.3 is 0 Å². The molecule has 1 fully saturated rings. The summed E-state index contributed by atoms with van der Waals surface area (Å²) in [6.07, 6.45) is 8.20. The maximum Gasteiger partial charge on any atom is 0.257 e. The van der Waals surface area contributed by atoms with Gasteiger partial charge in [0.05, 0.1) is 29.5 Å². The van der Waals surface area contributed by atoms with Gasteiger partial charge < -0.3 is 14.8 Å². The van der Waals surface area contributed by atoms with Crippen molar-refractivity contribution in [3.8, 4) is 11.1 Å². The number of pyridine rings is 1. The van der Waals surface area contributed by atoms with Crippen molar-refractivity contribution in [2.24, 2.45) is 5.92 Å². The number of hydrogen-bond acceptors (Lipinski definition) is 4. The van der Waals surface area contributed by atoms with Gasteiger partial charge in [-0.1, -0.05) is 19.1 Å². The molecule has 3 aromatic heterocycles. The zero-order chi connectivity index (χ0) is 28.2. The normalized spacial score (nSPS) is 16.9. The van der Waals surface area contributed by atoms with Crippen LogP contribution in [0.1, 0.15) is 71.8 Å². The van der Waals surface area contributed by atoms with E-state index in [1.54, 1.807) is 11.0 Å². The third-order valence-electron chi connectivity index (χ3n) is 8.90. The van der Waals surface area contributed by atoms with Crippen molar-refractivity contribution in [1.29, 1.82) is 0 Å². The van der Waals surface area contributed by atoms with Gasteiger partial charge in [0.1, 0.15) is 5.82 Å². The Morgan fingerprint density at radius 3 is 2.73 bits per heavy atom. The smallest absolute Gasteiger partial charge is 0.257 e. The monoisotopic (exact) mass is 552 g/mol. The second-order valence-electron chi connectivity index (χ2n) is 11.7. The van der Waals surface area contributed by atoms with Gasteiger partial charge in [0.2, 0.25) is 0 Å². The molecule has 0 spiro atoms. The van der Waals surface area contributed by atoms with E-state index < -0.39 is 5.82 Å². The SMILES string of the molecule is CCc1nc(C)ccc1-c1cc(C(=O)N2Cc3cnn(CC)c3C2)c(F)c2cc(C3=CCCNC3)n(CC3CC3)c12. The second kappa shape index (κ2) is 10.2. The standard InChI is InChI=1S/C33H37FN6O/c1-4-28-24(11-8-20(3)37-28)25-13-27(33(41)38-18-23-16-36-40(5-2)30(23)19-38)31(34)26-14-29(22-7-6-12-35-15-22)39(32(25)26)17-21-9-10-21/h7-8,11,13-14,16,21,35H,4-6,9-10,12,15,17-19H2,1-3H3. The number of rotatable bonds is 7. The highest BCUT2D eigenvalue weighted by atomic mass is 19.1. The lowest BCUT2D eigenvalue weighted by Crippen LogP contribution is -2.27. The van der Waals surface area contributed by atoms with Crippen LogP contribution in [0.25, 0.3) is 27.6 Å². The number of aromatic nitrogens is 4. The number of hydrogen-bond donors (Lipinski definition) is 1. The molecule has 41 heavy (non-hydrogen) atoms. The van der Waals surface area contributed by atoms with Crippen molar-refractivity contribution in [2.75, 3.05) is 13.1 Å². The van der Waals surface area contributed by atoms with Crippen LogP contribution in [0, 0.1) is 18.7 Å². The maximum absolute atomic E-state index is 16.7. The van der Waals surface area contributed by atoms with E-state index in [0.29, 0.717) is 24.4 Å². The highest BCUT2D eigenvalue weighted by Crippen LogP contribution is 2.41. The Hall–Kier alpha value is -3.78. The van der Waals surface area contributed by atoms with E-state index in [9.17, 15) is 4.79 Å². The zero-order valence-electron chi connectivity index (χ0n) is 24.1. The maximum atomic E-state index is 16.7. The van der Waals surface area contributed by atoms with Gasteiger partial charge in [-0.3, -0.25) is 14.5 Å². The first-order chi connectivity index (χ1) is 20.0. The summed E-state index contributed by atoms with van der Waals surface area (Å²) in [5.74, 6) is -0.112. The molecule has 1 aromatic carbocycles. The number of amides is 1. The molecule has 0 bridgehead atoms. The molecular formula is C33H37FN6O. The number of aryl methyl sites for hydroxylation is 3. The molecule has 8 heteroatoms. The fraction of sp³-hybridized carbons (Fsp3) is 0.424. The van der Waals surface area contributed by atoms with Crippen molar-refractivity contribution >= 4 is 22.4 Å². The van der Waals surface area contributed by atoms with Crippen LogP contribution in [0.3, 0.4) is 0 Å². The molecule has 5 heterocycles. The summed E-state index contributed by atoms with van der Waals surface area (Å²) in [6.45, 7) is 10.3. The summed E-state index contributed by atoms with van der Waals surface area (Å²) in [6, 6.07) is 7.91. The lowest BCUT2D eigenvalue weighted by atomic mass is 9.96. The van der Waals surface area contributed by atoms with Crippen LogP contribution < -0.4 is 5.32 Å². The Balaban J connectivity index is 1.44. The first-order valence-corrected chi connectivity index (χ1v) is 15.0. The van der Waals surface area contributed by atoms with Crippen LogP contribution in [0.4, 0.5) is 4.39 Å². The molecule has 2 aliphatic heterocycles. The van der Waals surface area contributed by atoms with Crippen molar-refractivity contribution in [3.63, 3.8) is 0 Å². The molecule has 1 aliphatic carbocycles. The molecule has 7 nitrogen and oxygen atoms in total. The summed E-state index contributed by atoms with van der Waals surface area (Å²) in [7, 11) is 0. The van der Waals surface area contributed by atoms with Gasteiger partial charge in [-0.15, -0.1) is 0 Å². The van der Waals surface area contributed by atoms with Gasteiger partial charge in [-0.05, 0) is 75.8 Å². The van der Waals surface area contributed by atoms with Crippen molar-refractivity contribution in [1.82, 2.24) is 29.5 Å². The van der Waals surface area contributed by atoms with E-state index in [4.69, 9.17) is 4.98 Å². The first-order valence-electron chi connectivity index (χ1n) is 15.0. The van der Waals surface area contributed by atoms with E-state index in [-0.39, 0.29) is 11.5 Å². The number of halogens is 1. The molecule has 1 N–H and O–H groups in total. The fourth-order valence-corrected chi connectivity index (χ4v) is 6.56. The van der Waals surface area contributed by atoms with E-state index >= 15 is 4.39 Å². The number of carbonyl (C=O) groups is 1. The molecule has 212 valence electrons. The predicted octanol–water partition coefficient (Wildman–Crippen LogP) is 5.87. The van der Waals surface area contributed by atoms with Gasteiger partial charge in [0.15, 0.2) is 0 Å².